The first-order valence-corrected chi connectivity index (χ1v) is 7.87. The molecule has 1 atom stereocenters. The minimum atomic E-state index is -0.266. The SMILES string of the molecule is COC(=O)c1cccc(NC2CCCC(C)(C)CC2)c1C. The molecule has 1 unspecified atom stereocenters. The first-order chi connectivity index (χ1) is 9.93. The molecule has 1 aliphatic carbocycles. The van der Waals surface area contributed by atoms with Crippen LogP contribution in [0.4, 0.5) is 5.69 Å². The van der Waals surface area contributed by atoms with Crippen molar-refractivity contribution < 1.29 is 9.53 Å². The van der Waals surface area contributed by atoms with Crippen molar-refractivity contribution in [3.05, 3.63) is 29.3 Å². The summed E-state index contributed by atoms with van der Waals surface area (Å²) in [6.07, 6.45) is 6.20. The molecule has 21 heavy (non-hydrogen) atoms. The van der Waals surface area contributed by atoms with Crippen LogP contribution in [0.5, 0.6) is 0 Å². The van der Waals surface area contributed by atoms with E-state index in [1.807, 2.05) is 19.1 Å². The molecule has 0 aromatic heterocycles. The number of carbonyl (C=O) groups is 1. The van der Waals surface area contributed by atoms with Crippen LogP contribution in [0.1, 0.15) is 61.9 Å². The van der Waals surface area contributed by atoms with E-state index < -0.39 is 0 Å². The molecule has 0 saturated heterocycles. The van der Waals surface area contributed by atoms with Gasteiger partial charge in [0.1, 0.15) is 0 Å². The van der Waals surface area contributed by atoms with Crippen molar-refractivity contribution in [3.8, 4) is 0 Å². The minimum absolute atomic E-state index is 0.266. The van der Waals surface area contributed by atoms with E-state index in [4.69, 9.17) is 4.74 Å². The minimum Gasteiger partial charge on any atom is -0.465 e. The van der Waals surface area contributed by atoms with Crippen LogP contribution in [-0.2, 0) is 4.74 Å². The normalized spacial score (nSPS) is 21.4. The second-order valence-corrected chi connectivity index (χ2v) is 6.91. The molecular weight excluding hydrogens is 262 g/mol. The maximum atomic E-state index is 11.8. The molecule has 3 nitrogen and oxygen atoms in total. The highest BCUT2D eigenvalue weighted by Gasteiger charge is 2.24. The van der Waals surface area contributed by atoms with Crippen LogP contribution in [0.15, 0.2) is 18.2 Å². The molecule has 1 aromatic carbocycles. The largest absolute Gasteiger partial charge is 0.465 e. The van der Waals surface area contributed by atoms with Gasteiger partial charge in [-0.1, -0.05) is 26.3 Å². The highest BCUT2D eigenvalue weighted by molar-refractivity contribution is 5.92. The second-order valence-electron chi connectivity index (χ2n) is 6.91. The Labute approximate surface area is 128 Å². The highest BCUT2D eigenvalue weighted by atomic mass is 16.5. The summed E-state index contributed by atoms with van der Waals surface area (Å²) in [5.41, 5.74) is 3.14. The van der Waals surface area contributed by atoms with Crippen molar-refractivity contribution in [3.63, 3.8) is 0 Å². The van der Waals surface area contributed by atoms with E-state index in [1.165, 1.54) is 39.2 Å². The van der Waals surface area contributed by atoms with Gasteiger partial charge in [-0.25, -0.2) is 4.79 Å². The highest BCUT2D eigenvalue weighted by Crippen LogP contribution is 2.35. The maximum Gasteiger partial charge on any atom is 0.338 e. The maximum absolute atomic E-state index is 11.8. The van der Waals surface area contributed by atoms with Gasteiger partial charge in [-0.3, -0.25) is 0 Å². The third-order valence-corrected chi connectivity index (χ3v) is 4.67. The van der Waals surface area contributed by atoms with Crippen LogP contribution < -0.4 is 5.32 Å². The summed E-state index contributed by atoms with van der Waals surface area (Å²) in [7, 11) is 1.43. The van der Waals surface area contributed by atoms with Gasteiger partial charge in [0.2, 0.25) is 0 Å². The quantitative estimate of drug-likeness (QED) is 0.655. The van der Waals surface area contributed by atoms with E-state index >= 15 is 0 Å². The lowest BCUT2D eigenvalue weighted by Gasteiger charge is -2.23. The van der Waals surface area contributed by atoms with Gasteiger partial charge in [0, 0.05) is 11.7 Å². The Morgan fingerprint density at radius 3 is 2.76 bits per heavy atom. The zero-order valence-electron chi connectivity index (χ0n) is 13.7. The Bertz CT molecular complexity index is 508. The van der Waals surface area contributed by atoms with Crippen LogP contribution in [-0.4, -0.2) is 19.1 Å². The van der Waals surface area contributed by atoms with Crippen molar-refractivity contribution in [1.82, 2.24) is 0 Å². The van der Waals surface area contributed by atoms with E-state index in [1.54, 1.807) is 0 Å². The number of rotatable bonds is 3. The van der Waals surface area contributed by atoms with Crippen LogP contribution in [0.3, 0.4) is 0 Å². The van der Waals surface area contributed by atoms with E-state index in [-0.39, 0.29) is 5.97 Å². The van der Waals surface area contributed by atoms with Crippen LogP contribution in [0.2, 0.25) is 0 Å². The number of benzene rings is 1. The number of methoxy groups -OCH3 is 1. The average molecular weight is 289 g/mol. The molecule has 116 valence electrons. The first-order valence-electron chi connectivity index (χ1n) is 7.87. The Morgan fingerprint density at radius 1 is 1.29 bits per heavy atom. The smallest absolute Gasteiger partial charge is 0.338 e. The molecule has 1 fully saturated rings. The van der Waals surface area contributed by atoms with Crippen LogP contribution >= 0.6 is 0 Å². The molecule has 0 heterocycles. The van der Waals surface area contributed by atoms with Gasteiger partial charge in [0.05, 0.1) is 12.7 Å². The molecule has 1 aromatic rings. The summed E-state index contributed by atoms with van der Waals surface area (Å²) in [4.78, 5) is 11.8. The molecule has 1 saturated carbocycles. The average Bonchev–Trinajstić information content (AvgIpc) is 2.61. The number of ether oxygens (including phenoxy) is 1. The van der Waals surface area contributed by atoms with Gasteiger partial charge in [0.15, 0.2) is 0 Å². The molecular formula is C18H27NO2. The number of nitrogens with one attached hydrogen (secondary N) is 1. The van der Waals surface area contributed by atoms with Crippen molar-refractivity contribution in [2.45, 2.75) is 58.9 Å². The molecule has 0 spiro atoms. The zero-order valence-corrected chi connectivity index (χ0v) is 13.7. The molecule has 0 amide bonds. The Kier molecular flexibility index (Phi) is 4.92. The third-order valence-electron chi connectivity index (χ3n) is 4.67. The molecule has 0 aliphatic heterocycles. The molecule has 2 rings (SSSR count). The number of hydrogen-bond acceptors (Lipinski definition) is 3. The molecule has 0 bridgehead atoms. The summed E-state index contributed by atoms with van der Waals surface area (Å²) in [6, 6.07) is 6.29. The Morgan fingerprint density at radius 2 is 2.05 bits per heavy atom. The number of hydrogen-bond donors (Lipinski definition) is 1. The van der Waals surface area contributed by atoms with Gasteiger partial charge in [-0.15, -0.1) is 0 Å². The Balaban J connectivity index is 2.11. The van der Waals surface area contributed by atoms with Crippen molar-refractivity contribution in [2.24, 2.45) is 5.41 Å². The lowest BCUT2D eigenvalue weighted by atomic mass is 9.85. The van der Waals surface area contributed by atoms with Gasteiger partial charge in [0.25, 0.3) is 0 Å². The fraction of sp³-hybridized carbons (Fsp3) is 0.611. The predicted octanol–water partition coefficient (Wildman–Crippen LogP) is 4.55. The Hall–Kier alpha value is -1.51. The van der Waals surface area contributed by atoms with Crippen molar-refractivity contribution in [1.29, 1.82) is 0 Å². The summed E-state index contributed by atoms with van der Waals surface area (Å²) in [5.74, 6) is -0.266. The number of carbonyl (C=O) groups excluding carboxylic acids is 1. The van der Waals surface area contributed by atoms with Crippen molar-refractivity contribution in [2.75, 3.05) is 12.4 Å². The van der Waals surface area contributed by atoms with Gasteiger partial charge < -0.3 is 10.1 Å². The van der Waals surface area contributed by atoms with E-state index in [9.17, 15) is 4.79 Å². The summed E-state index contributed by atoms with van der Waals surface area (Å²) >= 11 is 0. The van der Waals surface area contributed by atoms with Crippen molar-refractivity contribution >= 4 is 11.7 Å². The summed E-state index contributed by atoms with van der Waals surface area (Å²) in [6.45, 7) is 6.70. The van der Waals surface area contributed by atoms with E-state index in [0.717, 1.165) is 11.3 Å². The fourth-order valence-corrected chi connectivity index (χ4v) is 3.15. The summed E-state index contributed by atoms with van der Waals surface area (Å²) in [5, 5.41) is 3.64. The number of anilines is 1. The predicted molar refractivity (Wildman–Crippen MR) is 86.8 cm³/mol. The molecule has 0 radical (unpaired) electrons. The summed E-state index contributed by atoms with van der Waals surface area (Å²) < 4.78 is 4.84. The molecule has 1 N–H and O–H groups in total. The van der Waals surface area contributed by atoms with Gasteiger partial charge in [-0.05, 0) is 55.7 Å². The molecule has 1 aliphatic rings. The third kappa shape index (κ3) is 3.99. The van der Waals surface area contributed by atoms with E-state index in [0.29, 0.717) is 17.0 Å². The lowest BCUT2D eigenvalue weighted by molar-refractivity contribution is 0.0600. The first kappa shape index (κ1) is 15.9. The second kappa shape index (κ2) is 6.50. The van der Waals surface area contributed by atoms with Gasteiger partial charge >= 0.3 is 5.97 Å². The number of esters is 1. The van der Waals surface area contributed by atoms with Crippen LogP contribution in [0.25, 0.3) is 0 Å². The van der Waals surface area contributed by atoms with Gasteiger partial charge in [-0.2, -0.15) is 0 Å². The topological polar surface area (TPSA) is 38.3 Å². The monoisotopic (exact) mass is 289 g/mol. The van der Waals surface area contributed by atoms with Crippen LogP contribution in [0, 0.1) is 12.3 Å². The lowest BCUT2D eigenvalue weighted by Crippen LogP contribution is -2.20. The zero-order chi connectivity index (χ0) is 15.5. The van der Waals surface area contributed by atoms with E-state index in [2.05, 4.69) is 25.2 Å². The fourth-order valence-electron chi connectivity index (χ4n) is 3.15. The molecule has 3 heteroatoms. The standard InChI is InChI=1S/C18H27NO2/c1-13-15(17(20)21-4)8-5-9-16(13)19-14-7-6-11-18(2,3)12-10-14/h5,8-9,14,19H,6-7,10-12H2,1-4H3.